The van der Waals surface area contributed by atoms with E-state index in [1.807, 2.05) is 31.2 Å². The van der Waals surface area contributed by atoms with Gasteiger partial charge in [-0.25, -0.2) is 4.98 Å². The fourth-order valence-electron chi connectivity index (χ4n) is 2.65. The summed E-state index contributed by atoms with van der Waals surface area (Å²) in [6, 6.07) is 17.5. The van der Waals surface area contributed by atoms with E-state index >= 15 is 0 Å². The molecule has 3 aromatic rings. The molecule has 0 aliphatic carbocycles. The Balaban J connectivity index is 1.63. The van der Waals surface area contributed by atoms with Crippen molar-refractivity contribution in [3.63, 3.8) is 0 Å². The largest absolute Gasteiger partial charge is 0.495 e. The van der Waals surface area contributed by atoms with Crippen molar-refractivity contribution in [1.82, 2.24) is 4.98 Å². The molecule has 0 radical (unpaired) electrons. The third-order valence-electron chi connectivity index (χ3n) is 4.22. The monoisotopic (exact) mass is 361 g/mol. The zero-order chi connectivity index (χ0) is 19.2. The van der Waals surface area contributed by atoms with Gasteiger partial charge in [0.05, 0.1) is 24.7 Å². The van der Waals surface area contributed by atoms with E-state index in [0.717, 1.165) is 11.3 Å². The summed E-state index contributed by atoms with van der Waals surface area (Å²) >= 11 is 0. The number of hydrogen-bond acceptors (Lipinski definition) is 4. The molecule has 0 aliphatic rings. The Morgan fingerprint density at radius 1 is 1.00 bits per heavy atom. The van der Waals surface area contributed by atoms with Crippen molar-refractivity contribution < 1.29 is 9.53 Å². The molecule has 0 saturated heterocycles. The molecule has 1 aromatic heterocycles. The van der Waals surface area contributed by atoms with E-state index in [-0.39, 0.29) is 5.91 Å². The van der Waals surface area contributed by atoms with Crippen LogP contribution in [-0.2, 0) is 6.54 Å². The van der Waals surface area contributed by atoms with E-state index < -0.39 is 0 Å². The summed E-state index contributed by atoms with van der Waals surface area (Å²) in [7, 11) is 1.58. The highest BCUT2D eigenvalue weighted by Gasteiger charge is 2.11. The Morgan fingerprint density at radius 2 is 1.74 bits per heavy atom. The Labute approximate surface area is 159 Å². The highest BCUT2D eigenvalue weighted by Crippen LogP contribution is 2.25. The number of amides is 1. The summed E-state index contributed by atoms with van der Waals surface area (Å²) in [6.45, 7) is 4.73. The molecule has 0 aliphatic heterocycles. The fraction of sp³-hybridized carbons (Fsp3) is 0.182. The van der Waals surface area contributed by atoms with Gasteiger partial charge in [-0.2, -0.15) is 0 Å². The lowest BCUT2D eigenvalue weighted by Crippen LogP contribution is -2.14. The van der Waals surface area contributed by atoms with Gasteiger partial charge in [0.25, 0.3) is 5.91 Å². The van der Waals surface area contributed by atoms with Crippen LogP contribution in [0.5, 0.6) is 5.75 Å². The predicted molar refractivity (Wildman–Crippen MR) is 108 cm³/mol. The van der Waals surface area contributed by atoms with Gasteiger partial charge < -0.3 is 15.4 Å². The van der Waals surface area contributed by atoms with Crippen molar-refractivity contribution in [1.29, 1.82) is 0 Å². The van der Waals surface area contributed by atoms with Gasteiger partial charge in [-0.3, -0.25) is 4.79 Å². The first-order valence-corrected chi connectivity index (χ1v) is 8.76. The number of benzene rings is 2. The van der Waals surface area contributed by atoms with Crippen LogP contribution in [0.2, 0.25) is 0 Å². The van der Waals surface area contributed by atoms with Crippen LogP contribution < -0.4 is 15.4 Å². The number of carbonyl (C=O) groups excluding carboxylic acids is 1. The molecule has 5 heteroatoms. The first-order valence-electron chi connectivity index (χ1n) is 8.76. The van der Waals surface area contributed by atoms with Crippen LogP contribution in [0.1, 0.15) is 27.2 Å². The van der Waals surface area contributed by atoms with Crippen LogP contribution in [0.25, 0.3) is 0 Å². The molecule has 1 heterocycles. The minimum atomic E-state index is -0.274. The van der Waals surface area contributed by atoms with Crippen LogP contribution in [0.4, 0.5) is 11.4 Å². The molecule has 0 atom stereocenters. The molecule has 0 fully saturated rings. The number of pyridine rings is 1. The molecule has 3 rings (SSSR count). The second-order valence-corrected chi connectivity index (χ2v) is 6.43. The maximum atomic E-state index is 12.5. The maximum Gasteiger partial charge on any atom is 0.274 e. The number of aryl methyl sites for hydroxylation is 2. The summed E-state index contributed by atoms with van der Waals surface area (Å²) < 4.78 is 5.29. The zero-order valence-electron chi connectivity index (χ0n) is 15.7. The number of nitrogens with one attached hydrogen (secondary N) is 2. The molecule has 138 valence electrons. The lowest BCUT2D eigenvalue weighted by atomic mass is 10.1. The van der Waals surface area contributed by atoms with Gasteiger partial charge in [-0.05, 0) is 49.2 Å². The van der Waals surface area contributed by atoms with Crippen molar-refractivity contribution in [3.8, 4) is 5.75 Å². The Bertz CT molecular complexity index is 919. The predicted octanol–water partition coefficient (Wildman–Crippen LogP) is 4.57. The first-order chi connectivity index (χ1) is 13.0. The quantitative estimate of drug-likeness (QED) is 0.675. The molecule has 0 saturated carbocycles. The Hall–Kier alpha value is -3.34. The van der Waals surface area contributed by atoms with Crippen molar-refractivity contribution in [3.05, 3.63) is 83.2 Å². The molecule has 2 N–H and O–H groups in total. The number of rotatable bonds is 6. The second kappa shape index (κ2) is 8.36. The van der Waals surface area contributed by atoms with Gasteiger partial charge in [0.2, 0.25) is 0 Å². The molecule has 0 unspecified atom stereocenters. The molecule has 0 spiro atoms. The summed E-state index contributed by atoms with van der Waals surface area (Å²) in [4.78, 5) is 16.7. The molecular formula is C22H23N3O2. The zero-order valence-corrected chi connectivity index (χ0v) is 15.7. The van der Waals surface area contributed by atoms with Gasteiger partial charge in [-0.15, -0.1) is 0 Å². The van der Waals surface area contributed by atoms with E-state index in [1.165, 1.54) is 11.1 Å². The van der Waals surface area contributed by atoms with Crippen molar-refractivity contribution >= 4 is 17.3 Å². The molecule has 27 heavy (non-hydrogen) atoms. The second-order valence-electron chi connectivity index (χ2n) is 6.43. The van der Waals surface area contributed by atoms with Crippen molar-refractivity contribution in [2.75, 3.05) is 17.7 Å². The van der Waals surface area contributed by atoms with Crippen LogP contribution in [0.15, 0.2) is 60.8 Å². The van der Waals surface area contributed by atoms with Crippen LogP contribution in [0.3, 0.4) is 0 Å². The number of carbonyl (C=O) groups is 1. The van der Waals surface area contributed by atoms with Crippen LogP contribution in [-0.4, -0.2) is 18.0 Å². The average Bonchev–Trinajstić information content (AvgIpc) is 2.68. The smallest absolute Gasteiger partial charge is 0.274 e. The molecular weight excluding hydrogens is 338 g/mol. The SMILES string of the molecule is COc1ccc(C)cc1NC(=O)c1ccc(NCc2ccc(C)cc2)cn1. The minimum absolute atomic E-state index is 0.274. The lowest BCUT2D eigenvalue weighted by molar-refractivity contribution is 0.102. The van der Waals surface area contributed by atoms with Crippen molar-refractivity contribution in [2.45, 2.75) is 20.4 Å². The highest BCUT2D eigenvalue weighted by atomic mass is 16.5. The number of aromatic nitrogens is 1. The summed E-state index contributed by atoms with van der Waals surface area (Å²) in [6.07, 6.45) is 1.66. The van der Waals surface area contributed by atoms with E-state index in [4.69, 9.17) is 4.74 Å². The van der Waals surface area contributed by atoms with Crippen LogP contribution in [0, 0.1) is 13.8 Å². The minimum Gasteiger partial charge on any atom is -0.495 e. The summed E-state index contributed by atoms with van der Waals surface area (Å²) in [5.41, 5.74) is 5.30. The third kappa shape index (κ3) is 4.85. The Kier molecular flexibility index (Phi) is 5.71. The van der Waals surface area contributed by atoms with E-state index in [9.17, 15) is 4.79 Å². The third-order valence-corrected chi connectivity index (χ3v) is 4.22. The first kappa shape index (κ1) is 18.5. The number of anilines is 2. The number of ether oxygens (including phenoxy) is 1. The van der Waals surface area contributed by atoms with E-state index in [0.29, 0.717) is 23.7 Å². The van der Waals surface area contributed by atoms with Gasteiger partial charge in [-0.1, -0.05) is 35.9 Å². The molecule has 2 aromatic carbocycles. The number of nitrogens with zero attached hydrogens (tertiary/aromatic N) is 1. The topological polar surface area (TPSA) is 63.2 Å². The lowest BCUT2D eigenvalue weighted by Gasteiger charge is -2.11. The highest BCUT2D eigenvalue weighted by molar-refractivity contribution is 6.03. The fourth-order valence-corrected chi connectivity index (χ4v) is 2.65. The molecule has 1 amide bonds. The standard InChI is InChI=1S/C22H23N3O2/c1-15-4-7-17(8-5-15)13-23-18-9-10-19(24-14-18)22(26)25-20-12-16(2)6-11-21(20)27-3/h4-12,14,23H,13H2,1-3H3,(H,25,26). The van der Waals surface area contributed by atoms with Gasteiger partial charge in [0, 0.05) is 6.54 Å². The normalized spacial score (nSPS) is 10.3. The van der Waals surface area contributed by atoms with Crippen molar-refractivity contribution in [2.24, 2.45) is 0 Å². The van der Waals surface area contributed by atoms with E-state index in [2.05, 4.69) is 46.8 Å². The van der Waals surface area contributed by atoms with Crippen LogP contribution >= 0.6 is 0 Å². The number of hydrogen-bond donors (Lipinski definition) is 2. The van der Waals surface area contributed by atoms with E-state index in [1.54, 1.807) is 19.4 Å². The summed E-state index contributed by atoms with van der Waals surface area (Å²) in [5.74, 6) is 0.342. The van der Waals surface area contributed by atoms with Gasteiger partial charge in [0.15, 0.2) is 0 Å². The molecule has 0 bridgehead atoms. The van der Waals surface area contributed by atoms with Gasteiger partial charge >= 0.3 is 0 Å². The molecule has 5 nitrogen and oxygen atoms in total. The Morgan fingerprint density at radius 3 is 2.41 bits per heavy atom. The maximum absolute atomic E-state index is 12.5. The number of methoxy groups -OCH3 is 1. The average molecular weight is 361 g/mol. The summed E-state index contributed by atoms with van der Waals surface area (Å²) in [5, 5.41) is 6.16. The van der Waals surface area contributed by atoms with Gasteiger partial charge in [0.1, 0.15) is 11.4 Å².